The fourth-order valence-electron chi connectivity index (χ4n) is 3.42. The molecule has 0 amide bonds. The lowest BCUT2D eigenvalue weighted by Gasteiger charge is -2.34. The van der Waals surface area contributed by atoms with Gasteiger partial charge in [-0.1, -0.05) is 43.2 Å². The molecule has 6 nitrogen and oxygen atoms in total. The summed E-state index contributed by atoms with van der Waals surface area (Å²) in [4.78, 5) is 20.7. The molecular formula is C20H31NO5. The molecule has 6 heteroatoms. The van der Waals surface area contributed by atoms with Gasteiger partial charge >= 0.3 is 11.9 Å². The van der Waals surface area contributed by atoms with Crippen molar-refractivity contribution in [3.63, 3.8) is 0 Å². The second-order valence-corrected chi connectivity index (χ2v) is 6.90. The van der Waals surface area contributed by atoms with Crippen molar-refractivity contribution < 1.29 is 24.9 Å². The molecular weight excluding hydrogens is 334 g/mol. The van der Waals surface area contributed by atoms with Gasteiger partial charge < -0.3 is 15.3 Å². The summed E-state index contributed by atoms with van der Waals surface area (Å²) in [5, 5.41) is 23.6. The molecule has 1 saturated carbocycles. The van der Waals surface area contributed by atoms with Crippen LogP contribution in [0.5, 0.6) is 0 Å². The molecule has 146 valence electrons. The standard InChI is InChI=1S/C18H29NO.C2H2O4/c1-19(15-17-8-3-2-4-9-17)18-12-10-16(11-13-18)7-5-6-14-20;3-1(4)2(5)6/h2-4,8-9,16,18,20H,5-7,10-15H2,1H3;(H,3,4)(H,5,6). The van der Waals surface area contributed by atoms with Crippen LogP contribution in [0.1, 0.15) is 50.5 Å². The van der Waals surface area contributed by atoms with E-state index in [0.717, 1.165) is 24.9 Å². The van der Waals surface area contributed by atoms with Crippen molar-refractivity contribution in [3.8, 4) is 0 Å². The summed E-state index contributed by atoms with van der Waals surface area (Å²) in [6.07, 6.45) is 8.92. The maximum atomic E-state index is 9.10. The predicted molar refractivity (Wildman–Crippen MR) is 99.9 cm³/mol. The molecule has 1 aliphatic carbocycles. The van der Waals surface area contributed by atoms with Crippen LogP contribution in [0.15, 0.2) is 30.3 Å². The number of unbranched alkanes of at least 4 members (excludes halogenated alkanes) is 1. The van der Waals surface area contributed by atoms with E-state index in [4.69, 9.17) is 24.9 Å². The number of aliphatic hydroxyl groups is 1. The van der Waals surface area contributed by atoms with Crippen molar-refractivity contribution in [2.75, 3.05) is 13.7 Å². The summed E-state index contributed by atoms with van der Waals surface area (Å²) in [5.41, 5.74) is 1.42. The molecule has 1 fully saturated rings. The highest BCUT2D eigenvalue weighted by Crippen LogP contribution is 2.30. The molecule has 0 unspecified atom stereocenters. The number of carboxylic acid groups (broad SMARTS) is 2. The van der Waals surface area contributed by atoms with Crippen molar-refractivity contribution in [1.82, 2.24) is 4.90 Å². The van der Waals surface area contributed by atoms with Crippen molar-refractivity contribution in [1.29, 1.82) is 0 Å². The van der Waals surface area contributed by atoms with Crippen LogP contribution in [0.2, 0.25) is 0 Å². The Morgan fingerprint density at radius 2 is 1.58 bits per heavy atom. The summed E-state index contributed by atoms with van der Waals surface area (Å²) in [7, 11) is 2.27. The maximum Gasteiger partial charge on any atom is 0.414 e. The Balaban J connectivity index is 0.000000487. The van der Waals surface area contributed by atoms with Crippen LogP contribution < -0.4 is 0 Å². The van der Waals surface area contributed by atoms with Gasteiger partial charge in [-0.15, -0.1) is 0 Å². The van der Waals surface area contributed by atoms with Crippen LogP contribution >= 0.6 is 0 Å². The van der Waals surface area contributed by atoms with Crippen LogP contribution in [0.25, 0.3) is 0 Å². The van der Waals surface area contributed by atoms with E-state index in [1.54, 1.807) is 0 Å². The smallest absolute Gasteiger partial charge is 0.414 e. The van der Waals surface area contributed by atoms with E-state index < -0.39 is 11.9 Å². The summed E-state index contributed by atoms with van der Waals surface area (Å²) in [6, 6.07) is 11.5. The number of carboxylic acids is 2. The minimum absolute atomic E-state index is 0.356. The molecule has 0 spiro atoms. The van der Waals surface area contributed by atoms with Gasteiger partial charge in [0.25, 0.3) is 0 Å². The van der Waals surface area contributed by atoms with E-state index in [2.05, 4.69) is 42.3 Å². The molecule has 2 rings (SSSR count). The average Bonchev–Trinajstić information content (AvgIpc) is 2.64. The number of aliphatic carboxylic acids is 2. The van der Waals surface area contributed by atoms with Gasteiger partial charge in [-0.2, -0.15) is 0 Å². The summed E-state index contributed by atoms with van der Waals surface area (Å²) >= 11 is 0. The number of benzene rings is 1. The van der Waals surface area contributed by atoms with Crippen LogP contribution in [-0.2, 0) is 16.1 Å². The molecule has 1 aromatic rings. The lowest BCUT2D eigenvalue weighted by atomic mass is 9.82. The largest absolute Gasteiger partial charge is 0.473 e. The zero-order valence-corrected chi connectivity index (χ0v) is 15.5. The molecule has 0 heterocycles. The van der Waals surface area contributed by atoms with E-state index in [-0.39, 0.29) is 0 Å². The lowest BCUT2D eigenvalue weighted by Crippen LogP contribution is -2.34. The number of nitrogens with zero attached hydrogens (tertiary/aromatic N) is 1. The van der Waals surface area contributed by atoms with Crippen LogP contribution in [0.3, 0.4) is 0 Å². The fourth-order valence-corrected chi connectivity index (χ4v) is 3.42. The maximum absolute atomic E-state index is 9.10. The Bertz CT molecular complexity index is 514. The van der Waals surface area contributed by atoms with Crippen molar-refractivity contribution in [2.45, 2.75) is 57.5 Å². The van der Waals surface area contributed by atoms with E-state index in [1.165, 1.54) is 44.1 Å². The molecule has 0 bridgehead atoms. The zero-order valence-electron chi connectivity index (χ0n) is 15.5. The molecule has 0 aromatic heterocycles. The lowest BCUT2D eigenvalue weighted by molar-refractivity contribution is -0.159. The van der Waals surface area contributed by atoms with E-state index in [9.17, 15) is 0 Å². The molecule has 0 atom stereocenters. The highest BCUT2D eigenvalue weighted by molar-refractivity contribution is 6.27. The quantitative estimate of drug-likeness (QED) is 0.507. The Labute approximate surface area is 155 Å². The Morgan fingerprint density at radius 3 is 2.08 bits per heavy atom. The Kier molecular flexibility index (Phi) is 10.6. The summed E-state index contributed by atoms with van der Waals surface area (Å²) in [6.45, 7) is 1.43. The Hall–Kier alpha value is -1.92. The van der Waals surface area contributed by atoms with Crippen molar-refractivity contribution in [2.24, 2.45) is 5.92 Å². The second-order valence-electron chi connectivity index (χ2n) is 6.90. The number of rotatable bonds is 7. The van der Waals surface area contributed by atoms with Gasteiger partial charge in [0, 0.05) is 19.2 Å². The summed E-state index contributed by atoms with van der Waals surface area (Å²) in [5.74, 6) is -2.74. The second kappa shape index (κ2) is 12.4. The van der Waals surface area contributed by atoms with Gasteiger partial charge in [0.2, 0.25) is 0 Å². The molecule has 0 saturated heterocycles. The van der Waals surface area contributed by atoms with E-state index in [0.29, 0.717) is 6.61 Å². The normalized spacial score (nSPS) is 19.5. The third-order valence-electron chi connectivity index (χ3n) is 4.92. The molecule has 0 radical (unpaired) electrons. The predicted octanol–water partition coefficient (Wildman–Crippen LogP) is 3.00. The molecule has 1 aromatic carbocycles. The van der Waals surface area contributed by atoms with Gasteiger partial charge in [0.15, 0.2) is 0 Å². The highest BCUT2D eigenvalue weighted by Gasteiger charge is 2.23. The minimum atomic E-state index is -1.82. The van der Waals surface area contributed by atoms with Gasteiger partial charge in [-0.25, -0.2) is 9.59 Å². The van der Waals surface area contributed by atoms with Crippen LogP contribution in [0, 0.1) is 5.92 Å². The number of aliphatic hydroxyl groups excluding tert-OH is 1. The molecule has 1 aliphatic rings. The highest BCUT2D eigenvalue weighted by atomic mass is 16.4. The number of hydrogen-bond acceptors (Lipinski definition) is 4. The monoisotopic (exact) mass is 365 g/mol. The third kappa shape index (κ3) is 8.97. The first-order chi connectivity index (χ1) is 12.4. The number of carbonyl (C=O) groups is 2. The SMILES string of the molecule is CN(Cc1ccccc1)C1CCC(CCCCO)CC1.O=C(O)C(=O)O. The molecule has 0 aliphatic heterocycles. The molecule has 26 heavy (non-hydrogen) atoms. The van der Waals surface area contributed by atoms with E-state index in [1.807, 2.05) is 0 Å². The van der Waals surface area contributed by atoms with Gasteiger partial charge in [-0.05, 0) is 50.6 Å². The number of hydrogen-bond donors (Lipinski definition) is 3. The topological polar surface area (TPSA) is 98.1 Å². The van der Waals surface area contributed by atoms with Crippen molar-refractivity contribution in [3.05, 3.63) is 35.9 Å². The van der Waals surface area contributed by atoms with Crippen LogP contribution in [-0.4, -0.2) is 51.9 Å². The first-order valence-corrected chi connectivity index (χ1v) is 9.25. The fraction of sp³-hybridized carbons (Fsp3) is 0.600. The third-order valence-corrected chi connectivity index (χ3v) is 4.92. The van der Waals surface area contributed by atoms with Crippen LogP contribution in [0.4, 0.5) is 0 Å². The molecule has 3 N–H and O–H groups in total. The van der Waals surface area contributed by atoms with Gasteiger partial charge in [0.05, 0.1) is 0 Å². The van der Waals surface area contributed by atoms with Crippen molar-refractivity contribution >= 4 is 11.9 Å². The summed E-state index contributed by atoms with van der Waals surface area (Å²) < 4.78 is 0. The zero-order chi connectivity index (χ0) is 19.4. The first-order valence-electron chi connectivity index (χ1n) is 9.25. The van der Waals surface area contributed by atoms with Gasteiger partial charge in [0.1, 0.15) is 0 Å². The average molecular weight is 365 g/mol. The first kappa shape index (κ1) is 22.1. The Morgan fingerprint density at radius 1 is 1.00 bits per heavy atom. The van der Waals surface area contributed by atoms with E-state index >= 15 is 0 Å². The van der Waals surface area contributed by atoms with Gasteiger partial charge in [-0.3, -0.25) is 4.90 Å². The minimum Gasteiger partial charge on any atom is -0.473 e.